The second kappa shape index (κ2) is 7.75. The molecule has 3 heterocycles. The Morgan fingerprint density at radius 1 is 1.23 bits per heavy atom. The molecule has 0 bridgehead atoms. The summed E-state index contributed by atoms with van der Waals surface area (Å²) in [5, 5.41) is 7.27. The van der Waals surface area contributed by atoms with Crippen LogP contribution in [-0.2, 0) is 16.6 Å². The van der Waals surface area contributed by atoms with Crippen molar-refractivity contribution in [3.63, 3.8) is 0 Å². The van der Waals surface area contributed by atoms with Crippen molar-refractivity contribution in [3.8, 4) is 5.75 Å². The molecule has 0 radical (unpaired) electrons. The first-order valence-corrected chi connectivity index (χ1v) is 10.2. The third kappa shape index (κ3) is 3.79. The highest BCUT2D eigenvalue weighted by Gasteiger charge is 2.42. The number of ether oxygens (including phenoxy) is 2. The SMILES string of the molecule is Cc1ccc2c(c1)C(=O)N(CC(=O)Nc1c(C)nn(C)c1C)CC1(CCOCC1)O2. The fraction of sp³-hybridized carbons (Fsp3) is 0.500. The summed E-state index contributed by atoms with van der Waals surface area (Å²) in [7, 11) is 1.84. The molecular weight excluding hydrogens is 384 g/mol. The lowest BCUT2D eigenvalue weighted by Crippen LogP contribution is -2.52. The van der Waals surface area contributed by atoms with Crippen molar-refractivity contribution < 1.29 is 19.1 Å². The van der Waals surface area contributed by atoms with Gasteiger partial charge < -0.3 is 19.7 Å². The molecule has 30 heavy (non-hydrogen) atoms. The van der Waals surface area contributed by atoms with E-state index in [-0.39, 0.29) is 18.4 Å². The maximum Gasteiger partial charge on any atom is 0.258 e. The zero-order valence-corrected chi connectivity index (χ0v) is 17.9. The summed E-state index contributed by atoms with van der Waals surface area (Å²) in [4.78, 5) is 27.9. The fourth-order valence-electron chi connectivity index (χ4n) is 4.19. The summed E-state index contributed by atoms with van der Waals surface area (Å²) in [6, 6.07) is 5.62. The van der Waals surface area contributed by atoms with Crippen LogP contribution in [0, 0.1) is 20.8 Å². The first-order valence-electron chi connectivity index (χ1n) is 10.2. The minimum absolute atomic E-state index is 0.0496. The van der Waals surface area contributed by atoms with Crippen LogP contribution in [0.4, 0.5) is 5.69 Å². The van der Waals surface area contributed by atoms with Crippen LogP contribution in [-0.4, -0.2) is 58.4 Å². The maximum absolute atomic E-state index is 13.4. The van der Waals surface area contributed by atoms with Gasteiger partial charge in [-0.15, -0.1) is 0 Å². The van der Waals surface area contributed by atoms with Gasteiger partial charge in [-0.2, -0.15) is 5.10 Å². The quantitative estimate of drug-likeness (QED) is 0.837. The molecule has 8 heteroatoms. The predicted molar refractivity (Wildman–Crippen MR) is 112 cm³/mol. The second-order valence-electron chi connectivity index (χ2n) is 8.28. The summed E-state index contributed by atoms with van der Waals surface area (Å²) in [5.41, 5.74) is 3.23. The van der Waals surface area contributed by atoms with E-state index in [2.05, 4.69) is 10.4 Å². The van der Waals surface area contributed by atoms with Gasteiger partial charge in [0.05, 0.1) is 42.4 Å². The van der Waals surface area contributed by atoms with Crippen molar-refractivity contribution >= 4 is 17.5 Å². The van der Waals surface area contributed by atoms with E-state index in [1.165, 1.54) is 0 Å². The Bertz CT molecular complexity index is 991. The number of nitrogens with one attached hydrogen (secondary N) is 1. The van der Waals surface area contributed by atoms with Crippen molar-refractivity contribution in [2.75, 3.05) is 31.6 Å². The molecule has 0 aliphatic carbocycles. The van der Waals surface area contributed by atoms with Crippen molar-refractivity contribution in [1.29, 1.82) is 0 Å². The van der Waals surface area contributed by atoms with E-state index in [0.717, 1.165) is 17.0 Å². The van der Waals surface area contributed by atoms with Crippen LogP contribution in [0.2, 0.25) is 0 Å². The van der Waals surface area contributed by atoms with Gasteiger partial charge in [0.1, 0.15) is 17.9 Å². The number of benzene rings is 1. The van der Waals surface area contributed by atoms with Crippen LogP contribution in [0.3, 0.4) is 0 Å². The van der Waals surface area contributed by atoms with Crippen LogP contribution < -0.4 is 10.1 Å². The number of nitrogens with zero attached hydrogens (tertiary/aromatic N) is 3. The van der Waals surface area contributed by atoms with Gasteiger partial charge in [-0.3, -0.25) is 14.3 Å². The van der Waals surface area contributed by atoms with Crippen molar-refractivity contribution in [2.24, 2.45) is 7.05 Å². The molecule has 0 unspecified atom stereocenters. The number of fused-ring (bicyclic) bond motifs is 1. The molecule has 0 saturated carbocycles. The summed E-state index contributed by atoms with van der Waals surface area (Å²) in [6.45, 7) is 7.13. The van der Waals surface area contributed by atoms with Gasteiger partial charge in [-0.25, -0.2) is 0 Å². The molecule has 1 N–H and O–H groups in total. The fourth-order valence-corrected chi connectivity index (χ4v) is 4.19. The number of aromatic nitrogens is 2. The number of rotatable bonds is 3. The number of hydrogen-bond acceptors (Lipinski definition) is 5. The number of anilines is 1. The van der Waals surface area contributed by atoms with Crippen LogP contribution in [0.1, 0.15) is 40.2 Å². The molecular formula is C22H28N4O4. The highest BCUT2D eigenvalue weighted by atomic mass is 16.5. The highest BCUT2D eigenvalue weighted by molar-refractivity contribution is 6.01. The minimum atomic E-state index is -0.547. The van der Waals surface area contributed by atoms with E-state index in [9.17, 15) is 9.59 Å². The predicted octanol–water partition coefficient (Wildman–Crippen LogP) is 2.37. The van der Waals surface area contributed by atoms with Gasteiger partial charge in [-0.05, 0) is 32.9 Å². The summed E-state index contributed by atoms with van der Waals surface area (Å²) in [5.74, 6) is 0.141. The Balaban J connectivity index is 1.62. The highest BCUT2D eigenvalue weighted by Crippen LogP contribution is 2.35. The first kappa shape index (κ1) is 20.4. The molecule has 1 saturated heterocycles. The van der Waals surface area contributed by atoms with Gasteiger partial charge in [0, 0.05) is 19.9 Å². The number of carbonyl (C=O) groups excluding carboxylic acids is 2. The van der Waals surface area contributed by atoms with Gasteiger partial charge >= 0.3 is 0 Å². The average molecular weight is 412 g/mol. The maximum atomic E-state index is 13.4. The van der Waals surface area contributed by atoms with E-state index in [1.807, 2.05) is 46.0 Å². The molecule has 1 aromatic carbocycles. The van der Waals surface area contributed by atoms with Crippen LogP contribution >= 0.6 is 0 Å². The average Bonchev–Trinajstić information content (AvgIpc) is 2.88. The number of carbonyl (C=O) groups is 2. The lowest BCUT2D eigenvalue weighted by atomic mass is 9.93. The van der Waals surface area contributed by atoms with Gasteiger partial charge in [0.25, 0.3) is 5.91 Å². The van der Waals surface area contributed by atoms with Crippen LogP contribution in [0.15, 0.2) is 18.2 Å². The Morgan fingerprint density at radius 3 is 2.63 bits per heavy atom. The zero-order chi connectivity index (χ0) is 21.5. The third-order valence-corrected chi connectivity index (χ3v) is 5.97. The summed E-state index contributed by atoms with van der Waals surface area (Å²) in [6.07, 6.45) is 1.35. The lowest BCUT2D eigenvalue weighted by Gasteiger charge is -2.38. The van der Waals surface area contributed by atoms with Gasteiger partial charge in [-0.1, -0.05) is 11.6 Å². The molecule has 2 aliphatic rings. The number of hydrogen-bond donors (Lipinski definition) is 1. The molecule has 1 aromatic heterocycles. The minimum Gasteiger partial charge on any atom is -0.484 e. The van der Waals surface area contributed by atoms with Crippen molar-refractivity contribution in [3.05, 3.63) is 40.7 Å². The molecule has 1 fully saturated rings. The molecule has 2 aromatic rings. The molecule has 2 aliphatic heterocycles. The van der Waals surface area contributed by atoms with Crippen molar-refractivity contribution in [1.82, 2.24) is 14.7 Å². The molecule has 2 amide bonds. The third-order valence-electron chi connectivity index (χ3n) is 5.97. The van der Waals surface area contributed by atoms with Gasteiger partial charge in [0.15, 0.2) is 0 Å². The van der Waals surface area contributed by atoms with E-state index in [4.69, 9.17) is 9.47 Å². The number of amides is 2. The normalized spacial score (nSPS) is 18.0. The van der Waals surface area contributed by atoms with Crippen molar-refractivity contribution in [2.45, 2.75) is 39.2 Å². The molecule has 1 spiro atoms. The van der Waals surface area contributed by atoms with E-state index in [0.29, 0.717) is 49.6 Å². The molecule has 0 atom stereocenters. The topological polar surface area (TPSA) is 85.7 Å². The molecule has 4 rings (SSSR count). The molecule has 8 nitrogen and oxygen atoms in total. The Kier molecular flexibility index (Phi) is 5.27. The van der Waals surface area contributed by atoms with Crippen LogP contribution in [0.5, 0.6) is 5.75 Å². The van der Waals surface area contributed by atoms with Gasteiger partial charge in [0.2, 0.25) is 5.91 Å². The number of aryl methyl sites for hydroxylation is 3. The Morgan fingerprint density at radius 2 is 1.97 bits per heavy atom. The van der Waals surface area contributed by atoms with E-state index < -0.39 is 5.60 Å². The largest absolute Gasteiger partial charge is 0.484 e. The van der Waals surface area contributed by atoms with Crippen LogP contribution in [0.25, 0.3) is 0 Å². The smallest absolute Gasteiger partial charge is 0.258 e. The monoisotopic (exact) mass is 412 g/mol. The molecule has 160 valence electrons. The first-order chi connectivity index (χ1) is 14.3. The standard InChI is InChI=1S/C22H28N4O4/c1-14-5-6-18-17(11-14)21(28)26(13-22(30-18)7-9-29-10-8-22)12-19(27)23-20-15(2)24-25(4)16(20)3/h5-6,11H,7-10,12-13H2,1-4H3,(H,23,27). The zero-order valence-electron chi connectivity index (χ0n) is 17.9. The summed E-state index contributed by atoms with van der Waals surface area (Å²) < 4.78 is 13.6. The van der Waals surface area contributed by atoms with E-state index >= 15 is 0 Å². The lowest BCUT2D eigenvalue weighted by molar-refractivity contribution is -0.117. The Labute approximate surface area is 176 Å². The van der Waals surface area contributed by atoms with E-state index in [1.54, 1.807) is 9.58 Å². The summed E-state index contributed by atoms with van der Waals surface area (Å²) >= 11 is 0. The second-order valence-corrected chi connectivity index (χ2v) is 8.28. The Hall–Kier alpha value is -2.87.